The van der Waals surface area contributed by atoms with E-state index < -0.39 is 0 Å². The van der Waals surface area contributed by atoms with E-state index in [1.807, 2.05) is 97.1 Å². The maximum absolute atomic E-state index is 10.5. The van der Waals surface area contributed by atoms with Crippen LogP contribution in [-0.4, -0.2) is 21.4 Å². The molecule has 178 valence electrons. The number of hydrogen-bond acceptors (Lipinski definition) is 5. The van der Waals surface area contributed by atoms with Gasteiger partial charge in [-0.2, -0.15) is 0 Å². The lowest BCUT2D eigenvalue weighted by Gasteiger charge is -2.06. The van der Waals surface area contributed by atoms with Crippen molar-refractivity contribution in [2.24, 2.45) is 4.99 Å². The molecule has 37 heavy (non-hydrogen) atoms. The van der Waals surface area contributed by atoms with Gasteiger partial charge in [0, 0.05) is 22.9 Å². The molecule has 4 nitrogen and oxygen atoms in total. The average Bonchev–Trinajstić information content (AvgIpc) is 3.37. The molecule has 0 aliphatic carbocycles. The van der Waals surface area contributed by atoms with Crippen LogP contribution in [0.3, 0.4) is 0 Å². The van der Waals surface area contributed by atoms with Crippen LogP contribution in [-0.2, 0) is 0 Å². The Morgan fingerprint density at radius 2 is 1.35 bits per heavy atom. The van der Waals surface area contributed by atoms with E-state index in [1.165, 1.54) is 11.3 Å². The summed E-state index contributed by atoms with van der Waals surface area (Å²) in [5.74, 6) is 0.380. The van der Waals surface area contributed by atoms with Crippen LogP contribution in [0.5, 0.6) is 11.5 Å². The van der Waals surface area contributed by atoms with E-state index >= 15 is 0 Å². The molecule has 6 rings (SSSR count). The van der Waals surface area contributed by atoms with Gasteiger partial charge in [0.1, 0.15) is 16.5 Å². The van der Waals surface area contributed by atoms with Crippen LogP contribution >= 0.6 is 11.3 Å². The molecule has 0 saturated carbocycles. The van der Waals surface area contributed by atoms with Gasteiger partial charge < -0.3 is 10.2 Å². The third-order valence-electron chi connectivity index (χ3n) is 6.18. The second-order valence-corrected chi connectivity index (χ2v) is 9.67. The molecule has 0 radical (unpaired) electrons. The Kier molecular flexibility index (Phi) is 5.97. The molecule has 0 unspecified atom stereocenters. The van der Waals surface area contributed by atoms with Crippen LogP contribution in [0.25, 0.3) is 43.0 Å². The Morgan fingerprint density at radius 1 is 0.649 bits per heavy atom. The van der Waals surface area contributed by atoms with Crippen molar-refractivity contribution in [3.63, 3.8) is 0 Å². The Hall–Kier alpha value is -4.74. The van der Waals surface area contributed by atoms with Crippen LogP contribution in [0.15, 0.2) is 120 Å². The highest BCUT2D eigenvalue weighted by atomic mass is 32.1. The molecule has 5 aromatic carbocycles. The minimum absolute atomic E-state index is 0.170. The van der Waals surface area contributed by atoms with Gasteiger partial charge in [0.15, 0.2) is 0 Å². The highest BCUT2D eigenvalue weighted by molar-refractivity contribution is 7.21. The van der Waals surface area contributed by atoms with Crippen LogP contribution in [0.1, 0.15) is 5.56 Å². The zero-order valence-electron chi connectivity index (χ0n) is 19.7. The quantitative estimate of drug-likeness (QED) is 0.234. The molecule has 0 aliphatic rings. The van der Waals surface area contributed by atoms with Gasteiger partial charge in [-0.15, -0.1) is 11.3 Å². The van der Waals surface area contributed by atoms with Crippen molar-refractivity contribution in [3.8, 4) is 44.3 Å². The zero-order chi connectivity index (χ0) is 25.2. The molecule has 5 heteroatoms. The normalized spacial score (nSPS) is 11.4. The first-order valence-corrected chi connectivity index (χ1v) is 12.7. The first-order valence-electron chi connectivity index (χ1n) is 11.9. The molecule has 0 saturated heterocycles. The highest BCUT2D eigenvalue weighted by Gasteiger charge is 2.15. The molecular formula is C32H22N2O2S. The predicted molar refractivity (Wildman–Crippen MR) is 153 cm³/mol. The largest absolute Gasteiger partial charge is 0.508 e. The van der Waals surface area contributed by atoms with Crippen LogP contribution in [0.4, 0.5) is 5.69 Å². The fraction of sp³-hybridized carbons (Fsp3) is 0. The molecule has 1 aromatic heterocycles. The molecule has 0 spiro atoms. The molecule has 0 atom stereocenters. The second kappa shape index (κ2) is 9.72. The molecule has 2 N–H and O–H groups in total. The number of fused-ring (bicyclic) bond motifs is 1. The van der Waals surface area contributed by atoms with E-state index in [4.69, 9.17) is 9.98 Å². The van der Waals surface area contributed by atoms with Crippen molar-refractivity contribution in [3.05, 3.63) is 121 Å². The molecule has 0 amide bonds. The molecule has 0 aliphatic heterocycles. The van der Waals surface area contributed by atoms with Crippen LogP contribution in [0.2, 0.25) is 0 Å². The van der Waals surface area contributed by atoms with Gasteiger partial charge >= 0.3 is 0 Å². The van der Waals surface area contributed by atoms with Crippen molar-refractivity contribution >= 4 is 33.5 Å². The van der Waals surface area contributed by atoms with Gasteiger partial charge in [0.2, 0.25) is 0 Å². The van der Waals surface area contributed by atoms with Gasteiger partial charge in [0.05, 0.1) is 15.9 Å². The summed E-state index contributed by atoms with van der Waals surface area (Å²) in [6.45, 7) is 0. The Labute approximate surface area is 218 Å². The number of phenolic OH excluding ortho intramolecular Hbond substituents is 2. The number of benzene rings is 5. The van der Waals surface area contributed by atoms with Crippen molar-refractivity contribution in [2.75, 3.05) is 0 Å². The van der Waals surface area contributed by atoms with E-state index in [1.54, 1.807) is 24.4 Å². The van der Waals surface area contributed by atoms with Crippen molar-refractivity contribution in [1.82, 2.24) is 4.98 Å². The first kappa shape index (κ1) is 22.7. The first-order chi connectivity index (χ1) is 18.2. The summed E-state index contributed by atoms with van der Waals surface area (Å²) >= 11 is 1.52. The summed E-state index contributed by atoms with van der Waals surface area (Å²) in [6, 6.07) is 36.9. The topological polar surface area (TPSA) is 65.7 Å². The van der Waals surface area contributed by atoms with Crippen molar-refractivity contribution in [2.45, 2.75) is 0 Å². The number of para-hydroxylation sites is 1. The number of phenols is 2. The van der Waals surface area contributed by atoms with Gasteiger partial charge in [0.25, 0.3) is 0 Å². The maximum Gasteiger partial charge on any atom is 0.126 e. The number of aliphatic imine (C=N–C) groups is 1. The summed E-state index contributed by atoms with van der Waals surface area (Å²) < 4.78 is 0.904. The summed E-state index contributed by atoms with van der Waals surface area (Å²) in [7, 11) is 0. The molecule has 1 heterocycles. The summed E-state index contributed by atoms with van der Waals surface area (Å²) in [4.78, 5) is 9.72. The number of hydrogen-bond donors (Lipinski definition) is 2. The SMILES string of the molecule is Oc1cc(-c2ccccc2)c2nc(-c3ccccc3N=Cc3cc(-c4ccccc4)ccc3O)sc2c1. The van der Waals surface area contributed by atoms with E-state index in [2.05, 4.69) is 0 Å². The van der Waals surface area contributed by atoms with Crippen molar-refractivity contribution < 1.29 is 10.2 Å². The Morgan fingerprint density at radius 3 is 2.14 bits per heavy atom. The number of aromatic nitrogens is 1. The Balaban J connectivity index is 1.40. The molecule has 6 aromatic rings. The standard InChI is InChI=1S/C32H22N2O2S/c35-25-18-27(22-11-5-2-6-12-22)31-30(19-25)37-32(34-31)26-13-7-8-14-28(26)33-20-24-17-23(15-16-29(24)36)21-9-3-1-4-10-21/h1-20,35-36H. The van der Waals surface area contributed by atoms with E-state index in [9.17, 15) is 10.2 Å². The zero-order valence-corrected chi connectivity index (χ0v) is 20.6. The number of nitrogens with zero attached hydrogens (tertiary/aromatic N) is 2. The van der Waals surface area contributed by atoms with E-state index in [0.717, 1.165) is 48.7 Å². The number of rotatable bonds is 5. The van der Waals surface area contributed by atoms with Crippen molar-refractivity contribution in [1.29, 1.82) is 0 Å². The third kappa shape index (κ3) is 4.60. The minimum atomic E-state index is 0.170. The highest BCUT2D eigenvalue weighted by Crippen LogP contribution is 2.41. The molecule has 0 bridgehead atoms. The van der Waals surface area contributed by atoms with Gasteiger partial charge in [-0.1, -0.05) is 78.9 Å². The third-order valence-corrected chi connectivity index (χ3v) is 7.21. The fourth-order valence-electron chi connectivity index (χ4n) is 4.34. The van der Waals surface area contributed by atoms with E-state index in [-0.39, 0.29) is 11.5 Å². The van der Waals surface area contributed by atoms with Gasteiger partial charge in [-0.25, -0.2) is 4.98 Å². The minimum Gasteiger partial charge on any atom is -0.508 e. The van der Waals surface area contributed by atoms with Gasteiger partial charge in [-0.3, -0.25) is 4.99 Å². The lowest BCUT2D eigenvalue weighted by atomic mass is 10.0. The molecular weight excluding hydrogens is 476 g/mol. The fourth-order valence-corrected chi connectivity index (χ4v) is 5.40. The average molecular weight is 499 g/mol. The molecule has 0 fully saturated rings. The van der Waals surface area contributed by atoms with E-state index in [0.29, 0.717) is 5.56 Å². The predicted octanol–water partition coefficient (Wildman–Crippen LogP) is 8.46. The number of aromatic hydroxyl groups is 2. The lowest BCUT2D eigenvalue weighted by molar-refractivity contribution is 0.474. The summed E-state index contributed by atoms with van der Waals surface area (Å²) in [5.41, 5.74) is 7.08. The monoisotopic (exact) mass is 498 g/mol. The number of thiazole rings is 1. The maximum atomic E-state index is 10.5. The lowest BCUT2D eigenvalue weighted by Crippen LogP contribution is -1.86. The van der Waals surface area contributed by atoms with Crippen LogP contribution in [0, 0.1) is 0 Å². The summed E-state index contributed by atoms with van der Waals surface area (Å²) in [6.07, 6.45) is 1.69. The smallest absolute Gasteiger partial charge is 0.126 e. The Bertz CT molecular complexity index is 1740. The van der Waals surface area contributed by atoms with Crippen LogP contribution < -0.4 is 0 Å². The second-order valence-electron chi connectivity index (χ2n) is 8.64. The van der Waals surface area contributed by atoms with Gasteiger partial charge in [-0.05, 0) is 53.1 Å². The summed E-state index contributed by atoms with van der Waals surface area (Å²) in [5, 5.41) is 21.7.